The van der Waals surface area contributed by atoms with Crippen molar-refractivity contribution in [2.75, 3.05) is 14.2 Å². The molecule has 7 heteroatoms. The first-order chi connectivity index (χ1) is 9.21. The molecule has 1 aliphatic rings. The van der Waals surface area contributed by atoms with Crippen molar-refractivity contribution in [3.8, 4) is 5.75 Å². The van der Waals surface area contributed by atoms with Gasteiger partial charge in [0.1, 0.15) is 5.75 Å². The summed E-state index contributed by atoms with van der Waals surface area (Å²) in [6.45, 7) is 1.73. The Hall–Kier alpha value is -1.76. The van der Waals surface area contributed by atoms with Crippen LogP contribution in [0.4, 0.5) is 13.2 Å². The van der Waals surface area contributed by atoms with Crippen molar-refractivity contribution in [2.45, 2.75) is 24.7 Å². The predicted octanol–water partition coefficient (Wildman–Crippen LogP) is 2.27. The van der Waals surface area contributed by atoms with Crippen LogP contribution in [0.1, 0.15) is 17.0 Å². The number of likely N-dealkylation sites (N-methyl/N-ethyl adjacent to an activating group) is 1. The van der Waals surface area contributed by atoms with Crippen LogP contribution in [0.2, 0.25) is 0 Å². The Morgan fingerprint density at radius 3 is 2.55 bits per heavy atom. The quantitative estimate of drug-likeness (QED) is 0.908. The Morgan fingerprint density at radius 1 is 1.40 bits per heavy atom. The number of benzene rings is 1. The van der Waals surface area contributed by atoms with Gasteiger partial charge in [0.25, 0.3) is 5.72 Å². The van der Waals surface area contributed by atoms with Gasteiger partial charge >= 0.3 is 6.18 Å². The van der Waals surface area contributed by atoms with E-state index in [-0.39, 0.29) is 0 Å². The van der Waals surface area contributed by atoms with Gasteiger partial charge in [0.2, 0.25) is 0 Å². The lowest BCUT2D eigenvalue weighted by Gasteiger charge is -2.36. The number of rotatable bonds is 2. The first-order valence-corrected chi connectivity index (χ1v) is 5.93. The molecule has 1 aliphatic heterocycles. The number of halogens is 3. The van der Waals surface area contributed by atoms with Crippen molar-refractivity contribution in [3.05, 3.63) is 29.3 Å². The van der Waals surface area contributed by atoms with Gasteiger partial charge in [-0.25, -0.2) is 0 Å². The van der Waals surface area contributed by atoms with E-state index in [1.807, 2.05) is 0 Å². The van der Waals surface area contributed by atoms with Gasteiger partial charge in [-0.2, -0.15) is 18.3 Å². The number of ether oxygens (including phenoxy) is 1. The number of alkyl halides is 3. The predicted molar refractivity (Wildman–Crippen MR) is 67.7 cm³/mol. The summed E-state index contributed by atoms with van der Waals surface area (Å²) < 4.78 is 44.6. The fraction of sp³-hybridized carbons (Fsp3) is 0.462. The molecule has 1 heterocycles. The number of aryl methyl sites for hydroxylation is 1. The monoisotopic (exact) mass is 288 g/mol. The molecular formula is C13H15F3N2O2. The number of hydrazone groups is 1. The zero-order valence-electron chi connectivity index (χ0n) is 11.3. The van der Waals surface area contributed by atoms with Crippen LogP contribution in [0, 0.1) is 6.92 Å². The second kappa shape index (κ2) is 4.66. The van der Waals surface area contributed by atoms with Gasteiger partial charge in [-0.05, 0) is 24.1 Å². The first kappa shape index (κ1) is 14.6. The SMILES string of the molecule is COc1ccc(C2C=NN(C)C2(O)C(F)(F)F)cc1C. The van der Waals surface area contributed by atoms with E-state index >= 15 is 0 Å². The third kappa shape index (κ3) is 2.02. The molecule has 0 bridgehead atoms. The molecule has 1 N–H and O–H groups in total. The zero-order chi connectivity index (χ0) is 15.1. The van der Waals surface area contributed by atoms with E-state index in [9.17, 15) is 18.3 Å². The second-order valence-electron chi connectivity index (χ2n) is 4.72. The summed E-state index contributed by atoms with van der Waals surface area (Å²) in [6.07, 6.45) is -3.72. The van der Waals surface area contributed by atoms with E-state index in [1.54, 1.807) is 19.1 Å². The highest BCUT2D eigenvalue weighted by molar-refractivity contribution is 5.72. The molecule has 0 fully saturated rings. The van der Waals surface area contributed by atoms with Crippen LogP contribution in [-0.2, 0) is 0 Å². The lowest BCUT2D eigenvalue weighted by molar-refractivity contribution is -0.309. The van der Waals surface area contributed by atoms with E-state index in [4.69, 9.17) is 4.74 Å². The van der Waals surface area contributed by atoms with Crippen molar-refractivity contribution in [1.29, 1.82) is 0 Å². The molecule has 110 valence electrons. The maximum atomic E-state index is 13.2. The summed E-state index contributed by atoms with van der Waals surface area (Å²) in [4.78, 5) is 0. The van der Waals surface area contributed by atoms with Crippen molar-refractivity contribution in [1.82, 2.24) is 5.01 Å². The largest absolute Gasteiger partial charge is 0.496 e. The topological polar surface area (TPSA) is 45.1 Å². The molecule has 0 saturated carbocycles. The molecule has 4 nitrogen and oxygen atoms in total. The lowest BCUT2D eigenvalue weighted by Crippen LogP contribution is -2.56. The summed E-state index contributed by atoms with van der Waals surface area (Å²) in [6, 6.07) is 4.64. The lowest BCUT2D eigenvalue weighted by atomic mass is 9.88. The minimum atomic E-state index is -4.82. The average Bonchev–Trinajstić information content (AvgIpc) is 2.67. The van der Waals surface area contributed by atoms with Gasteiger partial charge in [0.15, 0.2) is 0 Å². The molecule has 2 rings (SSSR count). The van der Waals surface area contributed by atoms with Crippen LogP contribution in [0.15, 0.2) is 23.3 Å². The smallest absolute Gasteiger partial charge is 0.439 e. The molecule has 0 aromatic heterocycles. The zero-order valence-corrected chi connectivity index (χ0v) is 11.3. The van der Waals surface area contributed by atoms with Gasteiger partial charge in [-0.1, -0.05) is 12.1 Å². The van der Waals surface area contributed by atoms with Gasteiger partial charge in [-0.3, -0.25) is 5.01 Å². The van der Waals surface area contributed by atoms with Gasteiger partial charge in [0.05, 0.1) is 13.0 Å². The molecular weight excluding hydrogens is 273 g/mol. The molecule has 0 amide bonds. The van der Waals surface area contributed by atoms with E-state index in [0.29, 0.717) is 21.9 Å². The third-order valence-electron chi connectivity index (χ3n) is 3.51. The molecule has 20 heavy (non-hydrogen) atoms. The Morgan fingerprint density at radius 2 is 2.05 bits per heavy atom. The minimum absolute atomic E-state index is 0.330. The van der Waals surface area contributed by atoms with Crippen LogP contribution >= 0.6 is 0 Å². The normalized spacial score (nSPS) is 26.1. The molecule has 0 saturated heterocycles. The van der Waals surface area contributed by atoms with E-state index < -0.39 is 17.8 Å². The highest BCUT2D eigenvalue weighted by Crippen LogP contribution is 2.45. The maximum Gasteiger partial charge on any atom is 0.439 e. The summed E-state index contributed by atoms with van der Waals surface area (Å²) in [7, 11) is 2.58. The van der Waals surface area contributed by atoms with E-state index in [0.717, 1.165) is 13.3 Å². The third-order valence-corrected chi connectivity index (χ3v) is 3.51. The Kier molecular flexibility index (Phi) is 3.41. The van der Waals surface area contributed by atoms with Gasteiger partial charge in [-0.15, -0.1) is 0 Å². The molecule has 0 radical (unpaired) electrons. The highest BCUT2D eigenvalue weighted by Gasteiger charge is 2.64. The average molecular weight is 288 g/mol. The molecule has 0 aliphatic carbocycles. The second-order valence-corrected chi connectivity index (χ2v) is 4.72. The van der Waals surface area contributed by atoms with Crippen LogP contribution in [-0.4, -0.2) is 42.4 Å². The minimum Gasteiger partial charge on any atom is -0.496 e. The number of methoxy groups -OCH3 is 1. The fourth-order valence-corrected chi connectivity index (χ4v) is 2.33. The van der Waals surface area contributed by atoms with Crippen LogP contribution in [0.5, 0.6) is 5.75 Å². The first-order valence-electron chi connectivity index (χ1n) is 5.93. The van der Waals surface area contributed by atoms with Crippen LogP contribution < -0.4 is 4.74 Å². The summed E-state index contributed by atoms with van der Waals surface area (Å²) in [5.74, 6) is -0.704. The van der Waals surface area contributed by atoms with Gasteiger partial charge < -0.3 is 9.84 Å². The number of hydrogen-bond donors (Lipinski definition) is 1. The van der Waals surface area contributed by atoms with Gasteiger partial charge in [0, 0.05) is 13.3 Å². The summed E-state index contributed by atoms with van der Waals surface area (Å²) in [5.41, 5.74) is -2.01. The molecule has 1 aromatic carbocycles. The number of aliphatic hydroxyl groups is 1. The van der Waals surface area contributed by atoms with Crippen molar-refractivity contribution >= 4 is 6.21 Å². The summed E-state index contributed by atoms with van der Waals surface area (Å²) >= 11 is 0. The fourth-order valence-electron chi connectivity index (χ4n) is 2.33. The molecule has 2 atom stereocenters. The number of nitrogens with zero attached hydrogens (tertiary/aromatic N) is 2. The van der Waals surface area contributed by atoms with Crippen molar-refractivity contribution in [3.63, 3.8) is 0 Å². The maximum absolute atomic E-state index is 13.2. The molecule has 1 aromatic rings. The van der Waals surface area contributed by atoms with Crippen LogP contribution in [0.3, 0.4) is 0 Å². The Bertz CT molecular complexity index is 545. The highest BCUT2D eigenvalue weighted by atomic mass is 19.4. The summed E-state index contributed by atoms with van der Waals surface area (Å²) in [5, 5.41) is 14.2. The Balaban J connectivity index is 2.46. The Labute approximate surface area is 114 Å². The molecule has 0 spiro atoms. The van der Waals surface area contributed by atoms with Crippen molar-refractivity contribution in [2.24, 2.45) is 5.10 Å². The standard InChI is InChI=1S/C13H15F3N2O2/c1-8-6-9(4-5-11(8)20-3)10-7-17-18(2)12(10,19)13(14,15)16/h4-7,10,19H,1-3H3. The van der Waals surface area contributed by atoms with Crippen LogP contribution in [0.25, 0.3) is 0 Å². The number of hydrogen-bond acceptors (Lipinski definition) is 4. The molecule has 2 unspecified atom stereocenters. The van der Waals surface area contributed by atoms with Crippen molar-refractivity contribution < 1.29 is 23.0 Å². The van der Waals surface area contributed by atoms with E-state index in [1.165, 1.54) is 13.2 Å². The van der Waals surface area contributed by atoms with E-state index in [2.05, 4.69) is 5.10 Å².